The van der Waals surface area contributed by atoms with E-state index in [2.05, 4.69) is 0 Å². The number of allylic oxidation sites excluding steroid dienone is 1. The number of ketones is 1. The predicted octanol–water partition coefficient (Wildman–Crippen LogP) is 4.38. The fourth-order valence-corrected chi connectivity index (χ4v) is 1.96. The number of methoxy groups -OCH3 is 1. The normalized spacial score (nSPS) is 10.8. The summed E-state index contributed by atoms with van der Waals surface area (Å²) in [5, 5.41) is 0.102. The van der Waals surface area contributed by atoms with Crippen molar-refractivity contribution in [1.29, 1.82) is 0 Å². The first-order valence-corrected chi connectivity index (χ1v) is 6.29. The first kappa shape index (κ1) is 14.3. The van der Waals surface area contributed by atoms with Gasteiger partial charge in [-0.05, 0) is 42.0 Å². The number of rotatable bonds is 4. The average molecular weight is 291 g/mol. The Balaban J connectivity index is 2.20. The highest BCUT2D eigenvalue weighted by atomic mass is 35.5. The fourth-order valence-electron chi connectivity index (χ4n) is 1.70. The van der Waals surface area contributed by atoms with E-state index < -0.39 is 5.82 Å². The van der Waals surface area contributed by atoms with Crippen LogP contribution in [0.5, 0.6) is 5.75 Å². The summed E-state index contributed by atoms with van der Waals surface area (Å²) < 4.78 is 18.0. The summed E-state index contributed by atoms with van der Waals surface area (Å²) in [7, 11) is 1.58. The minimum absolute atomic E-state index is 0.102. The number of hydrogen-bond donors (Lipinski definition) is 0. The molecule has 2 aromatic rings. The van der Waals surface area contributed by atoms with Crippen molar-refractivity contribution in [3.05, 3.63) is 70.5 Å². The van der Waals surface area contributed by atoms with E-state index in [4.69, 9.17) is 16.3 Å². The molecule has 2 nitrogen and oxygen atoms in total. The Morgan fingerprint density at radius 1 is 1.25 bits per heavy atom. The molecule has 0 saturated carbocycles. The van der Waals surface area contributed by atoms with Crippen LogP contribution >= 0.6 is 11.6 Å². The van der Waals surface area contributed by atoms with Gasteiger partial charge in [0.15, 0.2) is 5.78 Å². The summed E-state index contributed by atoms with van der Waals surface area (Å²) >= 11 is 5.84. The van der Waals surface area contributed by atoms with Crippen LogP contribution in [0.15, 0.2) is 48.5 Å². The standard InChI is InChI=1S/C16H12ClFO2/c1-20-13-4-2-3-11(9-13)5-8-16(19)14-7-6-12(18)10-15(14)17/h2-10H,1H3/b8-5+. The van der Waals surface area contributed by atoms with Crippen LogP contribution in [0.2, 0.25) is 5.02 Å². The molecule has 0 atom stereocenters. The molecule has 2 aromatic carbocycles. The van der Waals surface area contributed by atoms with Crippen molar-refractivity contribution in [2.45, 2.75) is 0 Å². The van der Waals surface area contributed by atoms with E-state index >= 15 is 0 Å². The van der Waals surface area contributed by atoms with Crippen LogP contribution in [-0.2, 0) is 0 Å². The van der Waals surface area contributed by atoms with Crippen molar-refractivity contribution in [2.75, 3.05) is 7.11 Å². The van der Waals surface area contributed by atoms with Gasteiger partial charge in [0.25, 0.3) is 0 Å². The maximum Gasteiger partial charge on any atom is 0.187 e. The summed E-state index contributed by atoms with van der Waals surface area (Å²) in [5.41, 5.74) is 1.10. The molecule has 4 heteroatoms. The monoisotopic (exact) mass is 290 g/mol. The molecule has 0 aliphatic rings. The van der Waals surface area contributed by atoms with Crippen LogP contribution in [0.4, 0.5) is 4.39 Å². The molecule has 0 amide bonds. The third-order valence-corrected chi connectivity index (χ3v) is 3.03. The highest BCUT2D eigenvalue weighted by molar-refractivity contribution is 6.34. The third-order valence-electron chi connectivity index (χ3n) is 2.72. The summed E-state index contributed by atoms with van der Waals surface area (Å²) in [6.45, 7) is 0. The molecule has 20 heavy (non-hydrogen) atoms. The van der Waals surface area contributed by atoms with Crippen LogP contribution in [0.1, 0.15) is 15.9 Å². The van der Waals surface area contributed by atoms with Crippen LogP contribution in [0, 0.1) is 5.82 Å². The molecule has 0 unspecified atom stereocenters. The molecule has 0 radical (unpaired) electrons. The number of carbonyl (C=O) groups is 1. The van der Waals surface area contributed by atoms with E-state index in [0.29, 0.717) is 5.75 Å². The average Bonchev–Trinajstić information content (AvgIpc) is 2.45. The van der Waals surface area contributed by atoms with E-state index in [1.54, 1.807) is 19.3 Å². The van der Waals surface area contributed by atoms with Gasteiger partial charge in [0, 0.05) is 5.56 Å². The minimum Gasteiger partial charge on any atom is -0.497 e. The van der Waals surface area contributed by atoms with E-state index in [9.17, 15) is 9.18 Å². The minimum atomic E-state index is -0.469. The number of ether oxygens (including phenoxy) is 1. The Morgan fingerprint density at radius 2 is 2.05 bits per heavy atom. The molecule has 2 rings (SSSR count). The number of carbonyl (C=O) groups excluding carboxylic acids is 1. The van der Waals surface area contributed by atoms with Crippen molar-refractivity contribution < 1.29 is 13.9 Å². The van der Waals surface area contributed by atoms with E-state index in [-0.39, 0.29) is 16.4 Å². The molecule has 0 aliphatic carbocycles. The topological polar surface area (TPSA) is 26.3 Å². The van der Waals surface area contributed by atoms with Crippen molar-refractivity contribution >= 4 is 23.5 Å². The van der Waals surface area contributed by atoms with Gasteiger partial charge in [-0.15, -0.1) is 0 Å². The van der Waals surface area contributed by atoms with Crippen molar-refractivity contribution in [1.82, 2.24) is 0 Å². The molecular weight excluding hydrogens is 279 g/mol. The van der Waals surface area contributed by atoms with Gasteiger partial charge < -0.3 is 4.74 Å². The van der Waals surface area contributed by atoms with Crippen LogP contribution in [0.25, 0.3) is 6.08 Å². The van der Waals surface area contributed by atoms with Crippen molar-refractivity contribution in [2.24, 2.45) is 0 Å². The molecule has 0 N–H and O–H groups in total. The molecule has 0 bridgehead atoms. The van der Waals surface area contributed by atoms with Crippen LogP contribution < -0.4 is 4.74 Å². The lowest BCUT2D eigenvalue weighted by Gasteiger charge is -2.01. The molecule has 0 fully saturated rings. The maximum absolute atomic E-state index is 12.9. The Kier molecular flexibility index (Phi) is 4.53. The SMILES string of the molecule is COc1cccc(/C=C/C(=O)c2ccc(F)cc2Cl)c1. The number of halogens is 2. The second-order valence-electron chi connectivity index (χ2n) is 4.10. The lowest BCUT2D eigenvalue weighted by Crippen LogP contribution is -1.96. The van der Waals surface area contributed by atoms with Gasteiger partial charge in [0.2, 0.25) is 0 Å². The molecule has 0 aliphatic heterocycles. The van der Waals surface area contributed by atoms with Gasteiger partial charge in [-0.2, -0.15) is 0 Å². The zero-order valence-electron chi connectivity index (χ0n) is 10.8. The van der Waals surface area contributed by atoms with Gasteiger partial charge in [-0.25, -0.2) is 4.39 Å². The highest BCUT2D eigenvalue weighted by Crippen LogP contribution is 2.19. The quantitative estimate of drug-likeness (QED) is 0.617. The summed E-state index contributed by atoms with van der Waals surface area (Å²) in [6.07, 6.45) is 3.05. The molecule has 0 aromatic heterocycles. The molecule has 0 heterocycles. The molecule has 0 saturated heterocycles. The Bertz CT molecular complexity index is 665. The van der Waals surface area contributed by atoms with Crippen LogP contribution in [0.3, 0.4) is 0 Å². The maximum atomic E-state index is 12.9. The first-order valence-electron chi connectivity index (χ1n) is 5.91. The summed E-state index contributed by atoms with van der Waals surface area (Å²) in [6, 6.07) is 11.0. The van der Waals surface area contributed by atoms with E-state index in [1.807, 2.05) is 18.2 Å². The Labute approximate surface area is 121 Å². The predicted molar refractivity (Wildman–Crippen MR) is 77.8 cm³/mol. The number of benzene rings is 2. The van der Waals surface area contributed by atoms with E-state index in [1.165, 1.54) is 18.2 Å². The zero-order chi connectivity index (χ0) is 14.5. The highest BCUT2D eigenvalue weighted by Gasteiger charge is 2.08. The summed E-state index contributed by atoms with van der Waals surface area (Å²) in [4.78, 5) is 12.0. The zero-order valence-corrected chi connectivity index (χ0v) is 11.5. The second kappa shape index (κ2) is 6.35. The second-order valence-corrected chi connectivity index (χ2v) is 4.51. The van der Waals surface area contributed by atoms with Gasteiger partial charge in [-0.1, -0.05) is 29.8 Å². The smallest absolute Gasteiger partial charge is 0.187 e. The van der Waals surface area contributed by atoms with Gasteiger partial charge >= 0.3 is 0 Å². The van der Waals surface area contributed by atoms with Crippen LogP contribution in [-0.4, -0.2) is 12.9 Å². The first-order chi connectivity index (χ1) is 9.60. The molecule has 102 valence electrons. The van der Waals surface area contributed by atoms with Gasteiger partial charge in [0.05, 0.1) is 12.1 Å². The van der Waals surface area contributed by atoms with Crippen molar-refractivity contribution in [3.8, 4) is 5.75 Å². The lowest BCUT2D eigenvalue weighted by atomic mass is 10.1. The Hall–Kier alpha value is -2.13. The fraction of sp³-hybridized carbons (Fsp3) is 0.0625. The third kappa shape index (κ3) is 3.45. The van der Waals surface area contributed by atoms with Crippen molar-refractivity contribution in [3.63, 3.8) is 0 Å². The molecule has 0 spiro atoms. The van der Waals surface area contributed by atoms with Gasteiger partial charge in [0.1, 0.15) is 11.6 Å². The summed E-state index contributed by atoms with van der Waals surface area (Å²) in [5.74, 6) is -0.0411. The largest absolute Gasteiger partial charge is 0.497 e. The number of hydrogen-bond acceptors (Lipinski definition) is 2. The van der Waals surface area contributed by atoms with Gasteiger partial charge in [-0.3, -0.25) is 4.79 Å². The molecular formula is C16H12ClFO2. The Morgan fingerprint density at radius 3 is 2.75 bits per heavy atom. The lowest BCUT2D eigenvalue weighted by molar-refractivity contribution is 0.104. The van der Waals surface area contributed by atoms with E-state index in [0.717, 1.165) is 11.6 Å².